The van der Waals surface area contributed by atoms with Gasteiger partial charge in [-0.25, -0.2) is 4.79 Å². The van der Waals surface area contributed by atoms with Gasteiger partial charge < -0.3 is 25.4 Å². The minimum atomic E-state index is -1.01. The van der Waals surface area contributed by atoms with Crippen molar-refractivity contribution >= 4 is 28.7 Å². The van der Waals surface area contributed by atoms with E-state index in [1.807, 2.05) is 29.1 Å². The van der Waals surface area contributed by atoms with Gasteiger partial charge in [0.15, 0.2) is 0 Å². The van der Waals surface area contributed by atoms with E-state index in [-0.39, 0.29) is 12.2 Å². The molecule has 0 aliphatic heterocycles. The van der Waals surface area contributed by atoms with Gasteiger partial charge in [0.25, 0.3) is 5.69 Å². The number of benzene rings is 1. The molecule has 0 saturated heterocycles. The van der Waals surface area contributed by atoms with Crippen molar-refractivity contribution in [3.63, 3.8) is 0 Å². The Hall–Kier alpha value is -4.87. The van der Waals surface area contributed by atoms with Crippen LogP contribution < -0.4 is 21.8 Å². The monoisotopic (exact) mass is 490 g/mol. The number of H-pyrrole nitrogens is 1. The standard InChI is InChI=1S/C24H22N6O6/c31-22-23(32)29(34)21-19-11-18(5-1-15(19)2-8-20(21)27-22)28-10-9-14(13-28)12-25-24(33)26-16-3-6-17(7-4-16)30(35)36/h3-4,6-7,9-11,13,34H,1-2,5,8,12H2,(H,27,31)(H2,25,26,33). The van der Waals surface area contributed by atoms with Crippen LogP contribution in [-0.4, -0.2) is 30.4 Å². The number of aromatic amines is 1. The van der Waals surface area contributed by atoms with Gasteiger partial charge in [0.2, 0.25) is 0 Å². The first-order chi connectivity index (χ1) is 17.3. The number of hydrogen-bond donors (Lipinski definition) is 4. The number of nitro benzene ring substituents is 1. The zero-order chi connectivity index (χ0) is 25.4. The molecule has 5 rings (SSSR count). The van der Waals surface area contributed by atoms with Crippen molar-refractivity contribution in [1.82, 2.24) is 19.6 Å². The third-order valence-corrected chi connectivity index (χ3v) is 6.33. The summed E-state index contributed by atoms with van der Waals surface area (Å²) in [5, 5.41) is 26.4. The number of carbonyl (C=O) groups excluding carboxylic acids is 1. The normalized spacial score (nSPS) is 14.5. The third kappa shape index (κ3) is 4.31. The number of nitrogens with zero attached hydrogens (tertiary/aromatic N) is 3. The van der Waals surface area contributed by atoms with Gasteiger partial charge in [0, 0.05) is 53.7 Å². The number of nitro groups is 1. The number of anilines is 1. The molecule has 2 aromatic heterocycles. The average Bonchev–Trinajstić information content (AvgIpc) is 3.35. The molecule has 1 aromatic carbocycles. The van der Waals surface area contributed by atoms with E-state index >= 15 is 0 Å². The summed E-state index contributed by atoms with van der Waals surface area (Å²) in [4.78, 5) is 48.8. The molecule has 0 bridgehead atoms. The number of nitrogens with one attached hydrogen (secondary N) is 3. The van der Waals surface area contributed by atoms with E-state index in [2.05, 4.69) is 15.6 Å². The topological polar surface area (TPSA) is 164 Å². The molecule has 12 nitrogen and oxygen atoms in total. The predicted octanol–water partition coefficient (Wildman–Crippen LogP) is 2.84. The molecule has 2 aliphatic rings. The van der Waals surface area contributed by atoms with E-state index in [0.717, 1.165) is 41.7 Å². The average molecular weight is 490 g/mol. The van der Waals surface area contributed by atoms with Crippen molar-refractivity contribution in [3.8, 4) is 0 Å². The van der Waals surface area contributed by atoms with Gasteiger partial charge in [0.1, 0.15) is 5.69 Å². The maximum absolute atomic E-state index is 12.2. The molecule has 0 atom stereocenters. The van der Waals surface area contributed by atoms with Crippen molar-refractivity contribution in [1.29, 1.82) is 0 Å². The van der Waals surface area contributed by atoms with Gasteiger partial charge in [-0.1, -0.05) is 5.57 Å². The molecule has 0 unspecified atom stereocenters. The summed E-state index contributed by atoms with van der Waals surface area (Å²) in [5.74, 6) is 0. The lowest BCUT2D eigenvalue weighted by molar-refractivity contribution is -0.384. The smallest absolute Gasteiger partial charge is 0.348 e. The van der Waals surface area contributed by atoms with Gasteiger partial charge in [-0.3, -0.25) is 19.7 Å². The Balaban J connectivity index is 1.28. The van der Waals surface area contributed by atoms with Crippen molar-refractivity contribution in [2.45, 2.75) is 32.2 Å². The van der Waals surface area contributed by atoms with Crippen molar-refractivity contribution < 1.29 is 14.9 Å². The molecule has 12 heteroatoms. The molecule has 0 fully saturated rings. The van der Waals surface area contributed by atoms with E-state index in [1.54, 1.807) is 0 Å². The Morgan fingerprint density at radius 2 is 1.86 bits per heavy atom. The highest BCUT2D eigenvalue weighted by molar-refractivity contribution is 5.89. The Morgan fingerprint density at radius 1 is 1.11 bits per heavy atom. The molecule has 3 aromatic rings. The predicted molar refractivity (Wildman–Crippen MR) is 131 cm³/mol. The fourth-order valence-corrected chi connectivity index (χ4v) is 4.51. The van der Waals surface area contributed by atoms with Crippen LogP contribution in [0.25, 0.3) is 11.3 Å². The Kier molecular flexibility index (Phi) is 5.76. The number of hydrogen-bond acceptors (Lipinski definition) is 6. The molecule has 2 heterocycles. The highest BCUT2D eigenvalue weighted by Gasteiger charge is 2.26. The largest absolute Gasteiger partial charge is 0.425 e. The molecular weight excluding hydrogens is 468 g/mol. The zero-order valence-electron chi connectivity index (χ0n) is 19.0. The maximum atomic E-state index is 12.2. The quantitative estimate of drug-likeness (QED) is 0.186. The SMILES string of the molecule is O=C(NCc1ccn(C2=CC3=C(CC2)CCc2[nH]c(=O)c(=O)n(O)c23)c1)Nc1ccc([N+](=O)[O-])cc1. The number of non-ortho nitro benzene ring substituents is 1. The maximum Gasteiger partial charge on any atom is 0.348 e. The number of rotatable bonds is 5. The van der Waals surface area contributed by atoms with Gasteiger partial charge in [0.05, 0.1) is 4.92 Å². The molecule has 2 amide bonds. The number of aryl methyl sites for hydroxylation is 1. The second-order valence-electron chi connectivity index (χ2n) is 8.59. The summed E-state index contributed by atoms with van der Waals surface area (Å²) in [5.41, 5.74) is 3.04. The van der Waals surface area contributed by atoms with Crippen LogP contribution in [0.15, 0.2) is 64.0 Å². The van der Waals surface area contributed by atoms with E-state index in [4.69, 9.17) is 0 Å². The lowest BCUT2D eigenvalue weighted by atomic mass is 9.85. The highest BCUT2D eigenvalue weighted by atomic mass is 16.6. The highest BCUT2D eigenvalue weighted by Crippen LogP contribution is 2.38. The molecule has 184 valence electrons. The van der Waals surface area contributed by atoms with Crippen LogP contribution in [0.4, 0.5) is 16.2 Å². The first kappa shape index (κ1) is 22.9. The molecule has 2 aliphatic carbocycles. The van der Waals surface area contributed by atoms with Crippen LogP contribution in [0.1, 0.15) is 36.2 Å². The summed E-state index contributed by atoms with van der Waals surface area (Å²) in [6.45, 7) is 0.257. The number of carbonyl (C=O) groups is 1. The Bertz CT molecular complexity index is 1560. The second kappa shape index (κ2) is 9.06. The van der Waals surface area contributed by atoms with E-state index < -0.39 is 22.1 Å². The van der Waals surface area contributed by atoms with Crippen LogP contribution in [0.5, 0.6) is 0 Å². The van der Waals surface area contributed by atoms with Gasteiger partial charge in [-0.15, -0.1) is 4.73 Å². The van der Waals surface area contributed by atoms with Gasteiger partial charge >= 0.3 is 17.1 Å². The summed E-state index contributed by atoms with van der Waals surface area (Å²) in [6, 6.07) is 6.96. The Morgan fingerprint density at radius 3 is 2.61 bits per heavy atom. The fraction of sp³-hybridized carbons (Fsp3) is 0.208. The van der Waals surface area contributed by atoms with E-state index in [9.17, 15) is 29.7 Å². The molecule has 0 saturated carbocycles. The van der Waals surface area contributed by atoms with Crippen LogP contribution in [0.2, 0.25) is 0 Å². The number of amides is 2. The summed E-state index contributed by atoms with van der Waals surface area (Å²) in [7, 11) is 0. The molecule has 0 spiro atoms. The van der Waals surface area contributed by atoms with Crippen LogP contribution in [-0.2, 0) is 13.0 Å². The minimum absolute atomic E-state index is 0.0607. The lowest BCUT2D eigenvalue weighted by Gasteiger charge is -2.26. The number of allylic oxidation sites excluding steroid dienone is 4. The van der Waals surface area contributed by atoms with Crippen molar-refractivity contribution in [3.05, 3.63) is 102 Å². The summed E-state index contributed by atoms with van der Waals surface area (Å²) in [6.07, 6.45) is 8.48. The molecule has 36 heavy (non-hydrogen) atoms. The van der Waals surface area contributed by atoms with Crippen LogP contribution in [0.3, 0.4) is 0 Å². The first-order valence-electron chi connectivity index (χ1n) is 11.3. The Labute approximate surface area is 203 Å². The second-order valence-corrected chi connectivity index (χ2v) is 8.59. The van der Waals surface area contributed by atoms with Crippen LogP contribution in [0, 0.1) is 10.1 Å². The van der Waals surface area contributed by atoms with Crippen molar-refractivity contribution in [2.75, 3.05) is 5.32 Å². The molecule has 0 radical (unpaired) electrons. The lowest BCUT2D eigenvalue weighted by Crippen LogP contribution is -2.39. The van der Waals surface area contributed by atoms with Crippen molar-refractivity contribution in [2.24, 2.45) is 0 Å². The van der Waals surface area contributed by atoms with Crippen LogP contribution >= 0.6 is 0 Å². The van der Waals surface area contributed by atoms with E-state index in [0.29, 0.717) is 28.2 Å². The minimum Gasteiger partial charge on any atom is -0.425 e. The summed E-state index contributed by atoms with van der Waals surface area (Å²) < 4.78 is 2.37. The summed E-state index contributed by atoms with van der Waals surface area (Å²) >= 11 is 0. The molecular formula is C24H22N6O6. The molecule has 4 N–H and O–H groups in total. The van der Waals surface area contributed by atoms with E-state index in [1.165, 1.54) is 24.3 Å². The fourth-order valence-electron chi connectivity index (χ4n) is 4.51. The number of urea groups is 1. The zero-order valence-corrected chi connectivity index (χ0v) is 19.0. The third-order valence-electron chi connectivity index (χ3n) is 6.33. The number of aromatic nitrogens is 3. The first-order valence-corrected chi connectivity index (χ1v) is 11.3. The number of fused-ring (bicyclic) bond motifs is 2. The van der Waals surface area contributed by atoms with Gasteiger partial charge in [-0.2, -0.15) is 0 Å². The van der Waals surface area contributed by atoms with Gasteiger partial charge in [-0.05, 0) is 55.5 Å².